The first-order chi connectivity index (χ1) is 9.28. The number of rotatable bonds is 10. The summed E-state index contributed by atoms with van der Waals surface area (Å²) in [6.07, 6.45) is 0.716. The molecule has 0 aliphatic carbocycles. The van der Waals surface area contributed by atoms with E-state index in [1.807, 2.05) is 4.90 Å². The van der Waals surface area contributed by atoms with E-state index in [1.165, 1.54) is 14.2 Å². The van der Waals surface area contributed by atoms with Crippen LogP contribution in [-0.2, 0) is 19.1 Å². The average molecular weight is 309 g/mol. The van der Waals surface area contributed by atoms with Crippen LogP contribution in [-0.4, -0.2) is 73.9 Å². The molecule has 118 valence electrons. The first-order valence-electron chi connectivity index (χ1n) is 6.31. The van der Waals surface area contributed by atoms with Crippen LogP contribution < -0.4 is 0 Å². The molecule has 0 aromatic heterocycles. The van der Waals surface area contributed by atoms with Crippen molar-refractivity contribution in [2.24, 2.45) is 0 Å². The van der Waals surface area contributed by atoms with Crippen molar-refractivity contribution in [3.63, 3.8) is 0 Å². The molecule has 0 spiro atoms. The molecular formula is C11H23NO7Si. The topological polar surface area (TPSA) is 117 Å². The predicted octanol–water partition coefficient (Wildman–Crippen LogP) is -1.28. The molecule has 0 heterocycles. The number of hydrogen-bond donors (Lipinski definition) is 3. The fourth-order valence-electron chi connectivity index (χ4n) is 1.58. The molecule has 0 bridgehead atoms. The van der Waals surface area contributed by atoms with Crippen LogP contribution in [0.5, 0.6) is 0 Å². The molecule has 0 amide bonds. The highest BCUT2D eigenvalue weighted by molar-refractivity contribution is 6.56. The molecule has 0 rings (SSSR count). The summed E-state index contributed by atoms with van der Waals surface area (Å²) in [5.41, 5.74) is 0. The normalized spacial score (nSPS) is 11.5. The van der Waals surface area contributed by atoms with Gasteiger partial charge >= 0.3 is 20.7 Å². The smallest absolute Gasteiger partial charge is 0.469 e. The van der Waals surface area contributed by atoms with Gasteiger partial charge in [0.15, 0.2) is 0 Å². The molecule has 0 atom stereocenters. The van der Waals surface area contributed by atoms with Crippen LogP contribution in [0.1, 0.15) is 19.3 Å². The monoisotopic (exact) mass is 309 g/mol. The van der Waals surface area contributed by atoms with Crippen molar-refractivity contribution in [2.45, 2.75) is 25.3 Å². The lowest BCUT2D eigenvalue weighted by Gasteiger charge is -2.21. The predicted molar refractivity (Wildman–Crippen MR) is 71.5 cm³/mol. The van der Waals surface area contributed by atoms with Gasteiger partial charge in [0, 0.05) is 19.1 Å². The first-order valence-corrected chi connectivity index (χ1v) is 8.36. The number of methoxy groups -OCH3 is 2. The number of carbonyl (C=O) groups is 2. The van der Waals surface area contributed by atoms with Crippen molar-refractivity contribution in [2.75, 3.05) is 33.9 Å². The third-order valence-corrected chi connectivity index (χ3v) is 3.73. The van der Waals surface area contributed by atoms with Crippen LogP contribution in [0, 0.1) is 0 Å². The van der Waals surface area contributed by atoms with E-state index in [4.69, 9.17) is 14.4 Å². The van der Waals surface area contributed by atoms with Gasteiger partial charge < -0.3 is 28.8 Å². The molecule has 20 heavy (non-hydrogen) atoms. The van der Waals surface area contributed by atoms with Crippen molar-refractivity contribution in [3.8, 4) is 0 Å². The Morgan fingerprint density at radius 3 is 1.75 bits per heavy atom. The van der Waals surface area contributed by atoms with Gasteiger partial charge in [-0.15, -0.1) is 0 Å². The van der Waals surface area contributed by atoms with Crippen molar-refractivity contribution >= 4 is 20.7 Å². The Morgan fingerprint density at radius 1 is 0.950 bits per heavy atom. The highest BCUT2D eigenvalue weighted by Crippen LogP contribution is 2.05. The molecule has 0 aromatic rings. The second kappa shape index (κ2) is 9.83. The fourth-order valence-corrected chi connectivity index (χ4v) is 2.21. The standard InChI is InChI=1S/C11H23NO7Si/c1-18-10(13)4-7-12(8-5-11(14)19-2)6-3-9-20(15,16)17/h15-17H,3-9H2,1-2H3. The summed E-state index contributed by atoms with van der Waals surface area (Å²) >= 11 is 0. The quantitative estimate of drug-likeness (QED) is 0.337. The summed E-state index contributed by atoms with van der Waals surface area (Å²) in [5.74, 6) is -0.716. The molecule has 0 aromatic carbocycles. The van der Waals surface area contributed by atoms with E-state index in [1.54, 1.807) is 0 Å². The maximum Gasteiger partial charge on any atom is 0.492 e. The van der Waals surface area contributed by atoms with Gasteiger partial charge in [-0.25, -0.2) is 0 Å². The van der Waals surface area contributed by atoms with Gasteiger partial charge in [-0.2, -0.15) is 0 Å². The number of esters is 2. The highest BCUT2D eigenvalue weighted by Gasteiger charge is 2.26. The Morgan fingerprint density at radius 2 is 1.40 bits per heavy atom. The van der Waals surface area contributed by atoms with Gasteiger partial charge in [0.05, 0.1) is 27.1 Å². The van der Waals surface area contributed by atoms with E-state index < -0.39 is 8.80 Å². The summed E-state index contributed by atoms with van der Waals surface area (Å²) in [7, 11) is -1.45. The lowest BCUT2D eigenvalue weighted by Crippen LogP contribution is -2.36. The lowest BCUT2D eigenvalue weighted by molar-refractivity contribution is -0.141. The number of ether oxygens (including phenoxy) is 2. The zero-order chi connectivity index (χ0) is 15.6. The second-order valence-electron chi connectivity index (χ2n) is 4.37. The third-order valence-electron chi connectivity index (χ3n) is 2.71. The summed E-state index contributed by atoms with van der Waals surface area (Å²) in [4.78, 5) is 50.8. The summed E-state index contributed by atoms with van der Waals surface area (Å²) in [6.45, 7) is 1.21. The first kappa shape index (κ1) is 19.0. The minimum atomic E-state index is -4.04. The number of nitrogens with zero attached hydrogens (tertiary/aromatic N) is 1. The molecule has 0 saturated heterocycles. The molecule has 0 saturated carbocycles. The molecule has 0 radical (unpaired) electrons. The molecular weight excluding hydrogens is 286 g/mol. The van der Waals surface area contributed by atoms with Gasteiger partial charge in [-0.3, -0.25) is 9.59 Å². The Labute approximate surface area is 119 Å². The van der Waals surface area contributed by atoms with Gasteiger partial charge in [-0.1, -0.05) is 0 Å². The Bertz CT molecular complexity index is 286. The van der Waals surface area contributed by atoms with Crippen molar-refractivity contribution in [3.05, 3.63) is 0 Å². The van der Waals surface area contributed by atoms with E-state index in [0.29, 0.717) is 26.1 Å². The second-order valence-corrected chi connectivity index (χ2v) is 6.42. The Kier molecular flexibility index (Phi) is 9.34. The Hall–Kier alpha value is -1.00. The average Bonchev–Trinajstić information content (AvgIpc) is 2.38. The third kappa shape index (κ3) is 10.9. The van der Waals surface area contributed by atoms with Crippen molar-refractivity contribution < 1.29 is 33.4 Å². The Balaban J connectivity index is 4.16. The fraction of sp³-hybridized carbons (Fsp3) is 0.818. The molecule has 3 N–H and O–H groups in total. The van der Waals surface area contributed by atoms with Gasteiger partial charge in [0.1, 0.15) is 0 Å². The van der Waals surface area contributed by atoms with E-state index >= 15 is 0 Å². The summed E-state index contributed by atoms with van der Waals surface area (Å²) in [6, 6.07) is -0.0834. The maximum absolute atomic E-state index is 11.1. The van der Waals surface area contributed by atoms with Crippen LogP contribution >= 0.6 is 0 Å². The van der Waals surface area contributed by atoms with Crippen LogP contribution in [0.2, 0.25) is 6.04 Å². The minimum absolute atomic E-state index is 0.0834. The van der Waals surface area contributed by atoms with E-state index in [2.05, 4.69) is 9.47 Å². The van der Waals surface area contributed by atoms with Gasteiger partial charge in [0.2, 0.25) is 0 Å². The molecule has 0 aliphatic heterocycles. The molecule has 0 fully saturated rings. The molecule has 8 nitrogen and oxygen atoms in total. The SMILES string of the molecule is COC(=O)CCN(CCC[Si](O)(O)O)CCC(=O)OC. The van der Waals surface area contributed by atoms with Gasteiger partial charge in [-0.05, 0) is 13.0 Å². The molecule has 0 aliphatic rings. The number of hydrogen-bond acceptors (Lipinski definition) is 8. The number of carbonyl (C=O) groups excluding carboxylic acids is 2. The zero-order valence-corrected chi connectivity index (χ0v) is 12.9. The van der Waals surface area contributed by atoms with E-state index in [-0.39, 0.29) is 30.8 Å². The summed E-state index contributed by atoms with van der Waals surface area (Å²) < 4.78 is 9.07. The summed E-state index contributed by atoms with van der Waals surface area (Å²) in [5, 5.41) is 0. The largest absolute Gasteiger partial charge is 0.492 e. The maximum atomic E-state index is 11.1. The van der Waals surface area contributed by atoms with E-state index in [9.17, 15) is 9.59 Å². The van der Waals surface area contributed by atoms with Gasteiger partial charge in [0.25, 0.3) is 0 Å². The van der Waals surface area contributed by atoms with Crippen LogP contribution in [0.15, 0.2) is 0 Å². The van der Waals surface area contributed by atoms with E-state index in [0.717, 1.165) is 0 Å². The zero-order valence-electron chi connectivity index (χ0n) is 11.9. The van der Waals surface area contributed by atoms with Crippen LogP contribution in [0.4, 0.5) is 0 Å². The minimum Gasteiger partial charge on any atom is -0.469 e. The van der Waals surface area contributed by atoms with Crippen molar-refractivity contribution in [1.29, 1.82) is 0 Å². The lowest BCUT2D eigenvalue weighted by atomic mass is 10.3. The van der Waals surface area contributed by atoms with Crippen LogP contribution in [0.3, 0.4) is 0 Å². The van der Waals surface area contributed by atoms with Crippen LogP contribution in [0.25, 0.3) is 0 Å². The highest BCUT2D eigenvalue weighted by atomic mass is 28.4. The van der Waals surface area contributed by atoms with Crippen molar-refractivity contribution in [1.82, 2.24) is 4.90 Å². The molecule has 9 heteroatoms. The molecule has 0 unspecified atom stereocenters.